The second kappa shape index (κ2) is 9.66. The van der Waals surface area contributed by atoms with Gasteiger partial charge in [-0.2, -0.15) is 0 Å². The lowest BCUT2D eigenvalue weighted by molar-refractivity contribution is 0.388. The van der Waals surface area contributed by atoms with Crippen molar-refractivity contribution in [3.05, 3.63) is 71.7 Å². The second-order valence-electron chi connectivity index (χ2n) is 9.36. The third-order valence-corrected chi connectivity index (χ3v) is 9.30. The molecule has 0 bridgehead atoms. The minimum absolute atomic E-state index is 0.00293. The molecule has 1 aromatic heterocycles. The van der Waals surface area contributed by atoms with E-state index in [0.717, 1.165) is 16.8 Å². The maximum absolute atomic E-state index is 13.7. The maximum Gasteiger partial charge on any atom is 0.296 e. The third kappa shape index (κ3) is 5.84. The van der Waals surface area contributed by atoms with Crippen molar-refractivity contribution < 1.29 is 13.2 Å². The lowest BCUT2D eigenvalue weighted by Gasteiger charge is -2.34. The lowest BCUT2D eigenvalue weighted by Crippen LogP contribution is -2.29. The van der Waals surface area contributed by atoms with Crippen LogP contribution < -0.4 is 4.43 Å². The van der Waals surface area contributed by atoms with Crippen molar-refractivity contribution in [3.8, 4) is 17.4 Å². The fourth-order valence-electron chi connectivity index (χ4n) is 3.85. The predicted octanol–water partition coefficient (Wildman–Crippen LogP) is 8.08. The lowest BCUT2D eigenvalue weighted by atomic mass is 10.1. The molecule has 0 spiro atoms. The first-order valence-electron chi connectivity index (χ1n) is 10.8. The van der Waals surface area contributed by atoms with Crippen LogP contribution in [0.1, 0.15) is 44.6 Å². The second-order valence-corrected chi connectivity index (χ2v) is 17.3. The first-order valence-corrected chi connectivity index (χ1v) is 15.8. The van der Waals surface area contributed by atoms with Crippen molar-refractivity contribution in [1.82, 2.24) is 4.98 Å². The van der Waals surface area contributed by atoms with Gasteiger partial charge in [0, 0.05) is 5.56 Å². The standard InChI is InChI=1S/C25H33FNO2PSi/c1-17(2)30(18(3)4)23(19-13-15-21(26)16-14-19)22-25(29-31(5,6)7)28-24(27-22)20-11-9-8-10-12-20/h8-18,23H,1-7H3. The Bertz CT molecular complexity index is 973. The summed E-state index contributed by atoms with van der Waals surface area (Å²) in [5.41, 5.74) is 3.74. The van der Waals surface area contributed by atoms with Gasteiger partial charge in [-0.15, -0.1) is 0 Å². The Labute approximate surface area is 187 Å². The van der Waals surface area contributed by atoms with Gasteiger partial charge in [0.2, 0.25) is 14.2 Å². The molecule has 0 N–H and O–H groups in total. The summed E-state index contributed by atoms with van der Waals surface area (Å²) in [7, 11) is -2.48. The Morgan fingerprint density at radius 1 is 0.903 bits per heavy atom. The zero-order valence-electron chi connectivity index (χ0n) is 19.5. The van der Waals surface area contributed by atoms with Crippen molar-refractivity contribution in [3.63, 3.8) is 0 Å². The number of hydrogen-bond donors (Lipinski definition) is 0. The summed E-state index contributed by atoms with van der Waals surface area (Å²) in [5, 5.41) is 0. The third-order valence-electron chi connectivity index (χ3n) is 4.98. The van der Waals surface area contributed by atoms with Crippen LogP contribution in [0.15, 0.2) is 59.0 Å². The minimum Gasteiger partial charge on any atom is -0.518 e. The molecule has 3 nitrogen and oxygen atoms in total. The van der Waals surface area contributed by atoms with E-state index in [9.17, 15) is 4.39 Å². The van der Waals surface area contributed by atoms with Crippen molar-refractivity contribution in [1.29, 1.82) is 0 Å². The molecule has 3 aromatic rings. The predicted molar refractivity (Wildman–Crippen MR) is 131 cm³/mol. The molecular weight excluding hydrogens is 424 g/mol. The molecule has 166 valence electrons. The first-order chi connectivity index (χ1) is 14.6. The quantitative estimate of drug-likeness (QED) is 0.253. The van der Waals surface area contributed by atoms with Crippen LogP contribution in [0.25, 0.3) is 11.5 Å². The molecule has 0 saturated heterocycles. The van der Waals surface area contributed by atoms with Gasteiger partial charge in [0.15, 0.2) is 0 Å². The molecule has 6 heteroatoms. The highest BCUT2D eigenvalue weighted by atomic mass is 31.1. The summed E-state index contributed by atoms with van der Waals surface area (Å²) in [6, 6.07) is 16.8. The summed E-state index contributed by atoms with van der Waals surface area (Å²) < 4.78 is 26.4. The average molecular weight is 458 g/mol. The van der Waals surface area contributed by atoms with Gasteiger partial charge in [0.25, 0.3) is 5.95 Å². The summed E-state index contributed by atoms with van der Waals surface area (Å²) in [5.74, 6) is 0.851. The molecule has 2 aromatic carbocycles. The van der Waals surface area contributed by atoms with Gasteiger partial charge in [-0.1, -0.05) is 65.9 Å². The van der Waals surface area contributed by atoms with Crippen molar-refractivity contribution in [2.24, 2.45) is 0 Å². The normalized spacial score (nSPS) is 13.3. The van der Waals surface area contributed by atoms with Gasteiger partial charge in [-0.25, -0.2) is 9.37 Å². The fraction of sp³-hybridized carbons (Fsp3) is 0.400. The van der Waals surface area contributed by atoms with Crippen LogP contribution in [0, 0.1) is 5.82 Å². The Kier molecular flexibility index (Phi) is 7.38. The number of halogens is 1. The Hall–Kier alpha value is -1.97. The molecule has 0 aliphatic heterocycles. The largest absolute Gasteiger partial charge is 0.518 e. The van der Waals surface area contributed by atoms with E-state index in [2.05, 4.69) is 47.3 Å². The van der Waals surface area contributed by atoms with E-state index < -0.39 is 16.2 Å². The summed E-state index contributed by atoms with van der Waals surface area (Å²) >= 11 is 0. The van der Waals surface area contributed by atoms with Crippen LogP contribution in [0.2, 0.25) is 19.6 Å². The number of nitrogens with zero attached hydrogens (tertiary/aromatic N) is 1. The molecule has 1 heterocycles. The smallest absolute Gasteiger partial charge is 0.296 e. The van der Waals surface area contributed by atoms with Crippen molar-refractivity contribution in [2.45, 2.75) is 64.3 Å². The van der Waals surface area contributed by atoms with E-state index in [1.807, 2.05) is 42.5 Å². The van der Waals surface area contributed by atoms with Crippen LogP contribution in [-0.2, 0) is 0 Å². The molecule has 0 aliphatic carbocycles. The van der Waals surface area contributed by atoms with Crippen LogP contribution in [0.3, 0.4) is 0 Å². The highest BCUT2D eigenvalue weighted by Crippen LogP contribution is 2.62. The van der Waals surface area contributed by atoms with Gasteiger partial charge in [-0.05, 0) is 60.8 Å². The van der Waals surface area contributed by atoms with Crippen LogP contribution in [-0.4, -0.2) is 24.6 Å². The Morgan fingerprint density at radius 2 is 1.48 bits per heavy atom. The van der Waals surface area contributed by atoms with Gasteiger partial charge in [-0.3, -0.25) is 0 Å². The maximum atomic E-state index is 13.7. The highest BCUT2D eigenvalue weighted by molar-refractivity contribution is 7.59. The average Bonchev–Trinajstić information content (AvgIpc) is 3.08. The van der Waals surface area contributed by atoms with E-state index in [1.54, 1.807) is 0 Å². The van der Waals surface area contributed by atoms with Crippen LogP contribution in [0.5, 0.6) is 5.95 Å². The fourth-order valence-corrected chi connectivity index (χ4v) is 7.90. The zero-order valence-corrected chi connectivity index (χ0v) is 21.4. The van der Waals surface area contributed by atoms with E-state index in [4.69, 9.17) is 13.8 Å². The molecule has 0 amide bonds. The van der Waals surface area contributed by atoms with E-state index in [0.29, 0.717) is 23.2 Å². The van der Waals surface area contributed by atoms with Gasteiger partial charge in [0.05, 0.1) is 5.66 Å². The number of aromatic nitrogens is 1. The molecule has 0 radical (unpaired) electrons. The number of oxazole rings is 1. The molecule has 0 aliphatic rings. The zero-order chi connectivity index (χ0) is 22.8. The molecule has 3 rings (SSSR count). The number of benzene rings is 2. The van der Waals surface area contributed by atoms with E-state index in [1.165, 1.54) is 12.1 Å². The molecular formula is C25H33FNO2PSi. The first kappa shape index (κ1) is 23.7. The van der Waals surface area contributed by atoms with Gasteiger partial charge >= 0.3 is 0 Å². The van der Waals surface area contributed by atoms with E-state index >= 15 is 0 Å². The topological polar surface area (TPSA) is 35.3 Å². The molecule has 1 atom stereocenters. The number of hydrogen-bond acceptors (Lipinski definition) is 3. The SMILES string of the molecule is CC(C)P(C(C)C)C(c1ccc(F)cc1)c1nc(-c2ccccc2)oc1O[Si](C)(C)C. The van der Waals surface area contributed by atoms with Crippen LogP contribution in [0.4, 0.5) is 4.39 Å². The minimum atomic E-state index is -1.95. The van der Waals surface area contributed by atoms with E-state index in [-0.39, 0.29) is 11.5 Å². The number of rotatable bonds is 8. The van der Waals surface area contributed by atoms with Crippen molar-refractivity contribution in [2.75, 3.05) is 0 Å². The van der Waals surface area contributed by atoms with Gasteiger partial charge < -0.3 is 8.84 Å². The Balaban J connectivity index is 2.23. The molecule has 31 heavy (non-hydrogen) atoms. The summed E-state index contributed by atoms with van der Waals surface area (Å²) in [4.78, 5) is 5.00. The van der Waals surface area contributed by atoms with Crippen molar-refractivity contribution >= 4 is 16.2 Å². The molecule has 1 unspecified atom stereocenters. The van der Waals surface area contributed by atoms with Crippen LogP contribution >= 0.6 is 7.92 Å². The summed E-state index contributed by atoms with van der Waals surface area (Å²) in [6.45, 7) is 15.5. The monoisotopic (exact) mass is 457 g/mol. The Morgan fingerprint density at radius 3 is 2.00 bits per heavy atom. The molecule has 0 saturated carbocycles. The molecule has 0 fully saturated rings. The summed E-state index contributed by atoms with van der Waals surface area (Å²) in [6.07, 6.45) is 0. The van der Waals surface area contributed by atoms with Gasteiger partial charge in [0.1, 0.15) is 11.5 Å². The highest BCUT2D eigenvalue weighted by Gasteiger charge is 2.36.